The van der Waals surface area contributed by atoms with Gasteiger partial charge in [0.15, 0.2) is 0 Å². The summed E-state index contributed by atoms with van der Waals surface area (Å²) in [4.78, 5) is 2.69. The van der Waals surface area contributed by atoms with Crippen LogP contribution in [0, 0.1) is 0 Å². The molecule has 1 heterocycles. The number of rotatable bonds is 5. The largest absolute Gasteiger partial charge is 0.300 e. The second kappa shape index (κ2) is 7.64. The minimum atomic E-state index is 0. The molecule has 0 aromatic rings. The van der Waals surface area contributed by atoms with Gasteiger partial charge in [-0.2, -0.15) is 0 Å². The van der Waals surface area contributed by atoms with Gasteiger partial charge in [0, 0.05) is 6.04 Å². The van der Waals surface area contributed by atoms with E-state index in [1.54, 1.807) is 0 Å². The molecule has 0 saturated carbocycles. The molecule has 0 radical (unpaired) electrons. The third-order valence-electron chi connectivity index (χ3n) is 3.02. The van der Waals surface area contributed by atoms with E-state index >= 15 is 0 Å². The zero-order chi connectivity index (χ0) is 8.81. The minimum Gasteiger partial charge on any atom is -0.300 e. The molecule has 80 valence electrons. The summed E-state index contributed by atoms with van der Waals surface area (Å²) in [5.41, 5.74) is 0. The van der Waals surface area contributed by atoms with E-state index in [1.165, 1.54) is 51.6 Å². The molecule has 13 heavy (non-hydrogen) atoms. The summed E-state index contributed by atoms with van der Waals surface area (Å²) in [5.74, 6) is 0. The molecule has 2 heteroatoms. The number of hydrogen-bond acceptors (Lipinski definition) is 1. The van der Waals surface area contributed by atoms with Crippen LogP contribution >= 0.6 is 12.4 Å². The molecule has 1 aliphatic heterocycles. The highest BCUT2D eigenvalue weighted by molar-refractivity contribution is 5.85. The lowest BCUT2D eigenvalue weighted by atomic mass is 10.1. The highest BCUT2D eigenvalue weighted by Gasteiger charge is 2.21. The van der Waals surface area contributed by atoms with Gasteiger partial charge < -0.3 is 4.90 Å². The van der Waals surface area contributed by atoms with Gasteiger partial charge >= 0.3 is 0 Å². The second-order valence-corrected chi connectivity index (χ2v) is 3.95. The van der Waals surface area contributed by atoms with Crippen LogP contribution in [0.2, 0.25) is 0 Å². The van der Waals surface area contributed by atoms with Crippen LogP contribution in [0.5, 0.6) is 0 Å². The highest BCUT2D eigenvalue weighted by Crippen LogP contribution is 2.19. The molecule has 1 rings (SSSR count). The van der Waals surface area contributed by atoms with Gasteiger partial charge in [-0.05, 0) is 38.8 Å². The van der Waals surface area contributed by atoms with E-state index in [4.69, 9.17) is 0 Å². The number of hydrogen-bond donors (Lipinski definition) is 0. The van der Waals surface area contributed by atoms with Crippen LogP contribution in [0.15, 0.2) is 0 Å². The predicted molar refractivity (Wildman–Crippen MR) is 61.7 cm³/mol. The Balaban J connectivity index is 0.00000144. The van der Waals surface area contributed by atoms with Crippen molar-refractivity contribution in [1.29, 1.82) is 0 Å². The summed E-state index contributed by atoms with van der Waals surface area (Å²) in [6, 6.07) is 0.918. The Bertz CT molecular complexity index is 117. The van der Waals surface area contributed by atoms with Gasteiger partial charge in [-0.1, -0.05) is 26.7 Å². The predicted octanol–water partition coefficient (Wildman–Crippen LogP) is 3.47. The van der Waals surface area contributed by atoms with Crippen molar-refractivity contribution >= 4 is 12.4 Å². The van der Waals surface area contributed by atoms with Crippen LogP contribution in [0.4, 0.5) is 0 Å². The molecule has 0 N–H and O–H groups in total. The Morgan fingerprint density at radius 3 is 2.62 bits per heavy atom. The zero-order valence-electron chi connectivity index (χ0n) is 9.09. The Hall–Kier alpha value is 0.250. The Morgan fingerprint density at radius 1 is 1.23 bits per heavy atom. The molecule has 0 spiro atoms. The minimum absolute atomic E-state index is 0. The summed E-state index contributed by atoms with van der Waals surface area (Å²) in [5, 5.41) is 0. The van der Waals surface area contributed by atoms with E-state index in [0.717, 1.165) is 6.04 Å². The first kappa shape index (κ1) is 13.2. The van der Waals surface area contributed by atoms with Gasteiger partial charge in [-0.15, -0.1) is 12.4 Å². The summed E-state index contributed by atoms with van der Waals surface area (Å²) in [7, 11) is 0. The topological polar surface area (TPSA) is 3.24 Å². The van der Waals surface area contributed by atoms with Crippen molar-refractivity contribution in [3.05, 3.63) is 0 Å². The fourth-order valence-corrected chi connectivity index (χ4v) is 2.22. The Morgan fingerprint density at radius 2 is 2.00 bits per heavy atom. The quantitative estimate of drug-likeness (QED) is 0.622. The summed E-state index contributed by atoms with van der Waals surface area (Å²) >= 11 is 0. The lowest BCUT2D eigenvalue weighted by Gasteiger charge is -2.22. The number of nitrogens with zero attached hydrogens (tertiary/aromatic N) is 1. The monoisotopic (exact) mass is 205 g/mol. The van der Waals surface area contributed by atoms with Crippen molar-refractivity contribution in [2.24, 2.45) is 0 Å². The van der Waals surface area contributed by atoms with Gasteiger partial charge in [-0.3, -0.25) is 0 Å². The van der Waals surface area contributed by atoms with Crippen LogP contribution in [-0.2, 0) is 0 Å². The molecule has 1 atom stereocenters. The third-order valence-corrected chi connectivity index (χ3v) is 3.02. The molecular formula is C11H24ClN. The molecular weight excluding hydrogens is 182 g/mol. The number of unbranched alkanes of at least 4 members (excludes halogenated alkanes) is 2. The van der Waals surface area contributed by atoms with Gasteiger partial charge in [-0.25, -0.2) is 0 Å². The normalized spacial score (nSPS) is 23.1. The SMILES string of the molecule is CCCCCN1CCCC1CC.Cl. The maximum absolute atomic E-state index is 2.69. The molecule has 0 aromatic heterocycles. The zero-order valence-corrected chi connectivity index (χ0v) is 9.91. The standard InChI is InChI=1S/C11H23N.ClH/c1-3-5-6-9-12-10-7-8-11(12)4-2;/h11H,3-10H2,1-2H3;1H. The van der Waals surface area contributed by atoms with Crippen molar-refractivity contribution in [3.8, 4) is 0 Å². The van der Waals surface area contributed by atoms with E-state index in [1.807, 2.05) is 0 Å². The average Bonchev–Trinajstić information content (AvgIpc) is 2.52. The van der Waals surface area contributed by atoms with E-state index in [2.05, 4.69) is 18.7 Å². The molecule has 1 saturated heterocycles. The molecule has 0 bridgehead atoms. The fourth-order valence-electron chi connectivity index (χ4n) is 2.22. The molecule has 0 aliphatic carbocycles. The first-order valence-electron chi connectivity index (χ1n) is 5.62. The molecule has 1 nitrogen and oxygen atoms in total. The number of likely N-dealkylation sites (tertiary alicyclic amines) is 1. The third kappa shape index (κ3) is 4.33. The smallest absolute Gasteiger partial charge is 0.00931 e. The molecule has 0 aromatic carbocycles. The van der Waals surface area contributed by atoms with E-state index < -0.39 is 0 Å². The van der Waals surface area contributed by atoms with Crippen LogP contribution < -0.4 is 0 Å². The van der Waals surface area contributed by atoms with Gasteiger partial charge in [0.2, 0.25) is 0 Å². The van der Waals surface area contributed by atoms with E-state index in [-0.39, 0.29) is 12.4 Å². The second-order valence-electron chi connectivity index (χ2n) is 3.95. The molecule has 1 fully saturated rings. The lowest BCUT2D eigenvalue weighted by molar-refractivity contribution is 0.243. The van der Waals surface area contributed by atoms with E-state index in [0.29, 0.717) is 0 Å². The maximum atomic E-state index is 2.69. The molecule has 1 aliphatic rings. The first-order valence-corrected chi connectivity index (χ1v) is 5.62. The van der Waals surface area contributed by atoms with Crippen LogP contribution in [0.3, 0.4) is 0 Å². The van der Waals surface area contributed by atoms with Crippen molar-refractivity contribution in [2.45, 2.75) is 58.4 Å². The van der Waals surface area contributed by atoms with Crippen molar-refractivity contribution in [1.82, 2.24) is 4.90 Å². The fraction of sp³-hybridized carbons (Fsp3) is 1.00. The van der Waals surface area contributed by atoms with Gasteiger partial charge in [0.25, 0.3) is 0 Å². The van der Waals surface area contributed by atoms with Crippen LogP contribution in [0.1, 0.15) is 52.4 Å². The average molecular weight is 206 g/mol. The first-order chi connectivity index (χ1) is 5.88. The number of halogens is 1. The van der Waals surface area contributed by atoms with E-state index in [9.17, 15) is 0 Å². The van der Waals surface area contributed by atoms with Gasteiger partial charge in [0.05, 0.1) is 0 Å². The summed E-state index contributed by atoms with van der Waals surface area (Å²) < 4.78 is 0. The van der Waals surface area contributed by atoms with Crippen LogP contribution in [-0.4, -0.2) is 24.0 Å². The Kier molecular flexibility index (Phi) is 7.78. The van der Waals surface area contributed by atoms with Crippen LogP contribution in [0.25, 0.3) is 0 Å². The summed E-state index contributed by atoms with van der Waals surface area (Å²) in [6.07, 6.45) is 8.41. The Labute approximate surface area is 89.3 Å². The van der Waals surface area contributed by atoms with Gasteiger partial charge in [0.1, 0.15) is 0 Å². The molecule has 1 unspecified atom stereocenters. The highest BCUT2D eigenvalue weighted by atomic mass is 35.5. The van der Waals surface area contributed by atoms with Crippen molar-refractivity contribution < 1.29 is 0 Å². The lowest BCUT2D eigenvalue weighted by Crippen LogP contribution is -2.29. The summed E-state index contributed by atoms with van der Waals surface area (Å²) in [6.45, 7) is 7.32. The maximum Gasteiger partial charge on any atom is 0.00931 e. The molecule has 0 amide bonds. The van der Waals surface area contributed by atoms with Crippen molar-refractivity contribution in [3.63, 3.8) is 0 Å². The van der Waals surface area contributed by atoms with Crippen molar-refractivity contribution in [2.75, 3.05) is 13.1 Å².